The predicted octanol–water partition coefficient (Wildman–Crippen LogP) is 8.09. The Balaban J connectivity index is 1.51. The molecule has 0 saturated heterocycles. The van der Waals surface area contributed by atoms with E-state index in [2.05, 4.69) is 4.57 Å². The Labute approximate surface area is 230 Å². The number of para-hydroxylation sites is 3. The van der Waals surface area contributed by atoms with Gasteiger partial charge in [-0.05, 0) is 79.2 Å². The number of hydrogen-bond donors (Lipinski definition) is 0. The number of aromatic nitrogens is 2. The molecule has 5 nitrogen and oxygen atoms in total. The van der Waals surface area contributed by atoms with Crippen molar-refractivity contribution in [1.82, 2.24) is 9.55 Å². The molecule has 0 aliphatic carbocycles. The van der Waals surface area contributed by atoms with E-state index in [0.717, 1.165) is 22.3 Å². The fourth-order valence-corrected chi connectivity index (χ4v) is 4.30. The zero-order valence-corrected chi connectivity index (χ0v) is 22.1. The summed E-state index contributed by atoms with van der Waals surface area (Å²) in [6, 6.07) is 29.4. The third kappa shape index (κ3) is 5.91. The van der Waals surface area contributed by atoms with E-state index in [1.165, 1.54) is 0 Å². The molecule has 0 fully saturated rings. The number of fused-ring (bicyclic) bond motifs is 1. The van der Waals surface area contributed by atoms with E-state index in [-0.39, 0.29) is 0 Å². The zero-order chi connectivity index (χ0) is 26.5. The fraction of sp³-hybridized carbons (Fsp3) is 0.0968. The normalized spacial score (nSPS) is 11.5. The van der Waals surface area contributed by atoms with E-state index >= 15 is 0 Å². The lowest BCUT2D eigenvalue weighted by Gasteiger charge is -2.13. The number of esters is 1. The molecule has 5 aromatic rings. The second-order valence-corrected chi connectivity index (χ2v) is 9.51. The van der Waals surface area contributed by atoms with Crippen LogP contribution in [-0.4, -0.2) is 22.1 Å². The lowest BCUT2D eigenvalue weighted by molar-refractivity contribution is 0.0693. The van der Waals surface area contributed by atoms with Gasteiger partial charge in [-0.2, -0.15) is 0 Å². The second kappa shape index (κ2) is 11.5. The lowest BCUT2D eigenvalue weighted by Crippen LogP contribution is -2.11. The van der Waals surface area contributed by atoms with E-state index < -0.39 is 5.97 Å². The molecule has 0 radical (unpaired) electrons. The third-order valence-electron chi connectivity index (χ3n) is 6.02. The third-order valence-corrected chi connectivity index (χ3v) is 6.53. The molecule has 0 spiro atoms. The minimum absolute atomic E-state index is 0.345. The summed E-state index contributed by atoms with van der Waals surface area (Å²) in [4.78, 5) is 17.9. The topological polar surface area (TPSA) is 53.4 Å². The fourth-order valence-electron chi connectivity index (χ4n) is 4.05. The summed E-state index contributed by atoms with van der Waals surface area (Å²) in [5.41, 5.74) is 3.92. The van der Waals surface area contributed by atoms with Crippen LogP contribution in [0.2, 0.25) is 10.0 Å². The maximum Gasteiger partial charge on any atom is 0.343 e. The summed E-state index contributed by atoms with van der Waals surface area (Å²) in [5.74, 6) is 1.31. The maximum absolute atomic E-state index is 13.0. The number of carbonyl (C=O) groups is 1. The van der Waals surface area contributed by atoms with Gasteiger partial charge in [-0.25, -0.2) is 9.78 Å². The van der Waals surface area contributed by atoms with Crippen LogP contribution in [-0.2, 0) is 11.3 Å². The molecular formula is C31H24Cl2N2O3. The van der Waals surface area contributed by atoms with E-state index in [1.807, 2.05) is 55.5 Å². The van der Waals surface area contributed by atoms with Gasteiger partial charge in [0.15, 0.2) is 0 Å². The van der Waals surface area contributed by atoms with Crippen LogP contribution in [0.3, 0.4) is 0 Å². The van der Waals surface area contributed by atoms with E-state index in [1.54, 1.807) is 54.6 Å². The molecule has 1 aromatic heterocycles. The van der Waals surface area contributed by atoms with Crippen LogP contribution in [0.25, 0.3) is 22.9 Å². The Morgan fingerprint density at radius 1 is 0.842 bits per heavy atom. The van der Waals surface area contributed by atoms with E-state index in [4.69, 9.17) is 37.7 Å². The number of halogens is 2. The van der Waals surface area contributed by atoms with Crippen molar-refractivity contribution in [2.75, 3.05) is 6.61 Å². The van der Waals surface area contributed by atoms with Crippen LogP contribution in [0.15, 0.2) is 97.1 Å². The number of rotatable bonds is 8. The van der Waals surface area contributed by atoms with Gasteiger partial charge in [0.25, 0.3) is 0 Å². The summed E-state index contributed by atoms with van der Waals surface area (Å²) in [7, 11) is 0. The number of ether oxygens (including phenoxy) is 2. The summed E-state index contributed by atoms with van der Waals surface area (Å²) in [5, 5.41) is 1.12. The SMILES string of the molecule is Cc1ccccc1OCCn1c(/C=C(/OC(=O)c2ccc(Cl)cc2)c2ccc(Cl)cc2)nc2ccccc21. The van der Waals surface area contributed by atoms with Crippen LogP contribution in [0.4, 0.5) is 0 Å². The smallest absolute Gasteiger partial charge is 0.343 e. The van der Waals surface area contributed by atoms with Crippen LogP contribution in [0.1, 0.15) is 27.3 Å². The Morgan fingerprint density at radius 3 is 2.18 bits per heavy atom. The van der Waals surface area contributed by atoms with Crippen LogP contribution < -0.4 is 4.74 Å². The minimum Gasteiger partial charge on any atom is -0.491 e. The maximum atomic E-state index is 13.0. The number of hydrogen-bond acceptors (Lipinski definition) is 4. The number of imidazole rings is 1. The van der Waals surface area contributed by atoms with Crippen molar-refractivity contribution in [3.63, 3.8) is 0 Å². The average Bonchev–Trinajstić information content (AvgIpc) is 3.27. The molecule has 0 unspecified atom stereocenters. The summed E-state index contributed by atoms with van der Waals surface area (Å²) in [6.07, 6.45) is 1.77. The number of benzene rings is 4. The molecule has 0 aliphatic rings. The van der Waals surface area contributed by atoms with Crippen molar-refractivity contribution in [2.24, 2.45) is 0 Å². The van der Waals surface area contributed by atoms with Crippen LogP contribution in [0, 0.1) is 6.92 Å². The molecule has 5 rings (SSSR count). The van der Waals surface area contributed by atoms with Crippen molar-refractivity contribution in [3.05, 3.63) is 130 Å². The van der Waals surface area contributed by atoms with Crippen molar-refractivity contribution < 1.29 is 14.3 Å². The molecule has 0 saturated carbocycles. The van der Waals surface area contributed by atoms with E-state index in [0.29, 0.717) is 45.9 Å². The molecule has 0 bridgehead atoms. The summed E-state index contributed by atoms with van der Waals surface area (Å²) in [6.45, 7) is 3.00. The largest absolute Gasteiger partial charge is 0.491 e. The summed E-state index contributed by atoms with van der Waals surface area (Å²) >= 11 is 12.1. The molecule has 0 amide bonds. The molecule has 38 heavy (non-hydrogen) atoms. The Bertz CT molecular complexity index is 1610. The highest BCUT2D eigenvalue weighted by atomic mass is 35.5. The van der Waals surface area contributed by atoms with Gasteiger partial charge in [-0.15, -0.1) is 0 Å². The van der Waals surface area contributed by atoms with Crippen molar-refractivity contribution in [2.45, 2.75) is 13.5 Å². The van der Waals surface area contributed by atoms with Gasteiger partial charge >= 0.3 is 5.97 Å². The Hall–Kier alpha value is -4.06. The number of nitrogens with zero attached hydrogens (tertiary/aromatic N) is 2. The Kier molecular flexibility index (Phi) is 7.78. The molecule has 0 aliphatic heterocycles. The van der Waals surface area contributed by atoms with Gasteiger partial charge in [-0.1, -0.05) is 53.5 Å². The van der Waals surface area contributed by atoms with Crippen molar-refractivity contribution in [3.8, 4) is 5.75 Å². The second-order valence-electron chi connectivity index (χ2n) is 8.64. The monoisotopic (exact) mass is 542 g/mol. The Morgan fingerprint density at radius 2 is 1.47 bits per heavy atom. The lowest BCUT2D eigenvalue weighted by atomic mass is 10.1. The molecule has 4 aromatic carbocycles. The standard InChI is InChI=1S/C31H24Cl2N2O3/c1-21-6-2-5-9-28(21)37-19-18-35-27-8-4-3-7-26(27)34-30(35)20-29(22-10-14-24(32)15-11-22)38-31(36)23-12-16-25(33)17-13-23/h2-17,20H,18-19H2,1H3/b29-20+. The average molecular weight is 543 g/mol. The predicted molar refractivity (Wildman–Crippen MR) is 153 cm³/mol. The minimum atomic E-state index is -0.506. The van der Waals surface area contributed by atoms with Crippen LogP contribution in [0.5, 0.6) is 5.75 Å². The van der Waals surface area contributed by atoms with Gasteiger partial charge in [0.05, 0.1) is 23.1 Å². The zero-order valence-electron chi connectivity index (χ0n) is 20.6. The molecule has 1 heterocycles. The van der Waals surface area contributed by atoms with Gasteiger partial charge < -0.3 is 14.0 Å². The van der Waals surface area contributed by atoms with Gasteiger partial charge in [-0.3, -0.25) is 0 Å². The van der Waals surface area contributed by atoms with Gasteiger partial charge in [0.2, 0.25) is 0 Å². The molecule has 0 atom stereocenters. The molecule has 190 valence electrons. The van der Waals surface area contributed by atoms with Gasteiger partial charge in [0.1, 0.15) is 23.9 Å². The highest BCUT2D eigenvalue weighted by Gasteiger charge is 2.16. The number of aryl methyl sites for hydroxylation is 1. The summed E-state index contributed by atoms with van der Waals surface area (Å²) < 4.78 is 14.0. The van der Waals surface area contributed by atoms with Crippen molar-refractivity contribution in [1.29, 1.82) is 0 Å². The highest BCUT2D eigenvalue weighted by Crippen LogP contribution is 2.26. The van der Waals surface area contributed by atoms with E-state index in [9.17, 15) is 4.79 Å². The number of carbonyl (C=O) groups excluding carboxylic acids is 1. The molecule has 0 N–H and O–H groups in total. The quantitative estimate of drug-likeness (QED) is 0.147. The van der Waals surface area contributed by atoms with Crippen LogP contribution >= 0.6 is 23.2 Å². The van der Waals surface area contributed by atoms with Gasteiger partial charge in [0, 0.05) is 21.7 Å². The first-order chi connectivity index (χ1) is 18.5. The first-order valence-electron chi connectivity index (χ1n) is 12.1. The highest BCUT2D eigenvalue weighted by molar-refractivity contribution is 6.31. The first-order valence-corrected chi connectivity index (χ1v) is 12.8. The molecule has 7 heteroatoms. The molecular weight excluding hydrogens is 519 g/mol. The first kappa shape index (κ1) is 25.6. The van der Waals surface area contributed by atoms with Crippen molar-refractivity contribution >= 4 is 52.0 Å².